The highest BCUT2D eigenvalue weighted by molar-refractivity contribution is 7.85. The van der Waals surface area contributed by atoms with Gasteiger partial charge in [-0.1, -0.05) is 36.4 Å². The van der Waals surface area contributed by atoms with Crippen LogP contribution in [0, 0.1) is 0 Å². The maximum Gasteiger partial charge on any atom is 0.283 e. The van der Waals surface area contributed by atoms with Crippen molar-refractivity contribution in [1.29, 1.82) is 0 Å². The monoisotopic (exact) mass is 566 g/mol. The van der Waals surface area contributed by atoms with E-state index in [-0.39, 0.29) is 16.3 Å². The molecule has 2 aromatic heterocycles. The molecule has 202 valence electrons. The number of hydrogen-bond donors (Lipinski definition) is 4. The van der Waals surface area contributed by atoms with E-state index >= 15 is 0 Å². The highest BCUT2D eigenvalue weighted by Crippen LogP contribution is 2.41. The van der Waals surface area contributed by atoms with E-state index in [9.17, 15) is 22.6 Å². The third-order valence-electron chi connectivity index (χ3n) is 6.60. The van der Waals surface area contributed by atoms with E-state index in [4.69, 9.17) is 18.0 Å². The van der Waals surface area contributed by atoms with Crippen LogP contribution in [-0.2, 0) is 33.3 Å². The van der Waals surface area contributed by atoms with Gasteiger partial charge in [0.1, 0.15) is 0 Å². The van der Waals surface area contributed by atoms with Crippen LogP contribution in [-0.4, -0.2) is 56.4 Å². The number of hydrogen-bond acceptors (Lipinski definition) is 6. The van der Waals surface area contributed by atoms with Crippen LogP contribution >= 0.6 is 12.2 Å². The summed E-state index contributed by atoms with van der Waals surface area (Å²) in [6, 6.07) is 14.9. The van der Waals surface area contributed by atoms with E-state index in [0.29, 0.717) is 35.5 Å². The number of nitrogens with zero attached hydrogens (tertiary/aromatic N) is 3. The standard InChI is InChI=1S/C26H26N6O5S2/c1-30-13-18(16-7-2-4-9-20(16)30)22-23(25(34)32(24(22)33)15-39(35,36)37)19-14-31(12-6-11-28-29-26(27)38)21-10-5-3-8-17(19)21/h2-5,7-10,13-14,28H,6,11-12,15H2,1H3,(H3,27,29,38)(H,35,36,37). The van der Waals surface area contributed by atoms with Crippen LogP contribution in [0.2, 0.25) is 0 Å². The lowest BCUT2D eigenvalue weighted by Gasteiger charge is -2.12. The molecule has 13 heteroatoms. The van der Waals surface area contributed by atoms with Gasteiger partial charge in [-0.05, 0) is 30.8 Å². The highest BCUT2D eigenvalue weighted by Gasteiger charge is 2.43. The van der Waals surface area contributed by atoms with Crippen LogP contribution in [0.25, 0.3) is 33.0 Å². The number of nitrogens with two attached hydrogens (primary N) is 1. The van der Waals surface area contributed by atoms with Gasteiger partial charge in [-0.25, -0.2) is 5.43 Å². The number of amides is 2. The molecule has 5 N–H and O–H groups in total. The van der Waals surface area contributed by atoms with Crippen LogP contribution < -0.4 is 16.6 Å². The Balaban J connectivity index is 1.67. The Morgan fingerprint density at radius 2 is 1.51 bits per heavy atom. The zero-order chi connectivity index (χ0) is 27.9. The SMILES string of the molecule is Cn1cc(C2=C(c3cn(CCCNNC(N)=S)c4ccccc34)C(=O)N(CS(=O)(=O)O)C2=O)c2ccccc21. The Kier molecular flexibility index (Phi) is 6.99. The minimum atomic E-state index is -4.67. The van der Waals surface area contributed by atoms with Crippen molar-refractivity contribution in [2.75, 3.05) is 12.4 Å². The van der Waals surface area contributed by atoms with Gasteiger partial charge in [0, 0.05) is 65.5 Å². The topological polar surface area (TPSA) is 152 Å². The zero-order valence-corrected chi connectivity index (χ0v) is 22.6. The quantitative estimate of drug-likeness (QED) is 0.0784. The van der Waals surface area contributed by atoms with Crippen molar-refractivity contribution >= 4 is 72.2 Å². The number of rotatable bonds is 9. The molecule has 0 spiro atoms. The number of carbonyl (C=O) groups is 2. The molecule has 39 heavy (non-hydrogen) atoms. The van der Waals surface area contributed by atoms with E-state index in [1.54, 1.807) is 12.4 Å². The van der Waals surface area contributed by atoms with Crippen molar-refractivity contribution in [3.8, 4) is 0 Å². The summed E-state index contributed by atoms with van der Waals surface area (Å²) >= 11 is 4.79. The van der Waals surface area contributed by atoms with Gasteiger partial charge in [0.25, 0.3) is 21.9 Å². The summed E-state index contributed by atoms with van der Waals surface area (Å²) in [6.07, 6.45) is 4.24. The molecule has 1 aliphatic heterocycles. The molecule has 11 nitrogen and oxygen atoms in total. The molecule has 0 atom stereocenters. The summed E-state index contributed by atoms with van der Waals surface area (Å²) in [7, 11) is -2.84. The van der Waals surface area contributed by atoms with Crippen molar-refractivity contribution in [2.24, 2.45) is 12.8 Å². The summed E-state index contributed by atoms with van der Waals surface area (Å²) < 4.78 is 36.9. The average Bonchev–Trinajstić information content (AvgIpc) is 3.49. The maximum atomic E-state index is 13.7. The van der Waals surface area contributed by atoms with Crippen LogP contribution in [0.1, 0.15) is 17.5 Å². The fourth-order valence-electron chi connectivity index (χ4n) is 5.02. The molecule has 1 aliphatic rings. The van der Waals surface area contributed by atoms with Crippen LogP contribution in [0.4, 0.5) is 0 Å². The summed E-state index contributed by atoms with van der Waals surface area (Å²) in [5.74, 6) is -2.71. The van der Waals surface area contributed by atoms with Gasteiger partial charge >= 0.3 is 0 Å². The van der Waals surface area contributed by atoms with Crippen LogP contribution in [0.3, 0.4) is 0 Å². The molecule has 0 saturated carbocycles. The molecule has 0 unspecified atom stereocenters. The van der Waals surface area contributed by atoms with E-state index in [0.717, 1.165) is 21.8 Å². The highest BCUT2D eigenvalue weighted by atomic mass is 32.2. The first kappa shape index (κ1) is 26.6. The van der Waals surface area contributed by atoms with Crippen molar-refractivity contribution in [3.63, 3.8) is 0 Å². The Bertz CT molecular complexity index is 1790. The first-order valence-electron chi connectivity index (χ1n) is 12.0. The fraction of sp³-hybridized carbons (Fsp3) is 0.192. The minimum absolute atomic E-state index is 0.0863. The minimum Gasteiger partial charge on any atom is -0.375 e. The van der Waals surface area contributed by atoms with E-state index < -0.39 is 27.8 Å². The summed E-state index contributed by atoms with van der Waals surface area (Å²) in [5.41, 5.74) is 13.9. The average molecular weight is 567 g/mol. The van der Waals surface area contributed by atoms with E-state index in [1.165, 1.54) is 0 Å². The maximum absolute atomic E-state index is 13.7. The first-order chi connectivity index (χ1) is 18.6. The lowest BCUT2D eigenvalue weighted by molar-refractivity contribution is -0.135. The number of thiocarbonyl (C=S) groups is 1. The molecule has 0 saturated heterocycles. The summed E-state index contributed by atoms with van der Waals surface area (Å²) in [6.45, 7) is 1.13. The number of imide groups is 1. The van der Waals surface area contributed by atoms with Gasteiger partial charge in [-0.15, -0.1) is 0 Å². The third kappa shape index (κ3) is 5.04. The normalized spacial score (nSPS) is 14.3. The molecular formula is C26H26N6O5S2. The second kappa shape index (κ2) is 10.3. The number of para-hydroxylation sites is 2. The molecule has 2 amide bonds. The third-order valence-corrected chi connectivity index (χ3v) is 7.28. The predicted octanol–water partition coefficient (Wildman–Crippen LogP) is 1.99. The van der Waals surface area contributed by atoms with Crippen molar-refractivity contribution in [3.05, 3.63) is 72.1 Å². The van der Waals surface area contributed by atoms with Crippen molar-refractivity contribution in [1.82, 2.24) is 24.9 Å². The van der Waals surface area contributed by atoms with E-state index in [2.05, 4.69) is 10.9 Å². The molecule has 0 fully saturated rings. The second-order valence-electron chi connectivity index (χ2n) is 9.19. The number of fused-ring (bicyclic) bond motifs is 2. The van der Waals surface area contributed by atoms with Gasteiger partial charge in [0.05, 0.1) is 11.1 Å². The van der Waals surface area contributed by atoms with Gasteiger partial charge in [-0.2, -0.15) is 8.42 Å². The Labute approximate surface area is 229 Å². The Morgan fingerprint density at radius 1 is 0.949 bits per heavy atom. The van der Waals surface area contributed by atoms with Gasteiger partial charge in [-0.3, -0.25) is 24.5 Å². The van der Waals surface area contributed by atoms with Crippen LogP contribution in [0.5, 0.6) is 0 Å². The molecule has 0 radical (unpaired) electrons. The first-order valence-corrected chi connectivity index (χ1v) is 14.0. The van der Waals surface area contributed by atoms with Crippen molar-refractivity contribution in [2.45, 2.75) is 13.0 Å². The number of aromatic nitrogens is 2. The zero-order valence-electron chi connectivity index (χ0n) is 20.9. The number of aryl methyl sites for hydroxylation is 2. The number of carbonyl (C=O) groups excluding carboxylic acids is 2. The molecular weight excluding hydrogens is 540 g/mol. The molecule has 0 aliphatic carbocycles. The van der Waals surface area contributed by atoms with Crippen LogP contribution in [0.15, 0.2) is 60.9 Å². The Hall–Kier alpha value is -4.04. The van der Waals surface area contributed by atoms with Gasteiger partial charge in [0.15, 0.2) is 11.0 Å². The molecule has 5 rings (SSSR count). The van der Waals surface area contributed by atoms with Crippen molar-refractivity contribution < 1.29 is 22.6 Å². The lowest BCUT2D eigenvalue weighted by atomic mass is 9.95. The van der Waals surface area contributed by atoms with Gasteiger partial charge in [0.2, 0.25) is 0 Å². The second-order valence-corrected chi connectivity index (χ2v) is 11.1. The lowest BCUT2D eigenvalue weighted by Crippen LogP contribution is -2.41. The summed E-state index contributed by atoms with van der Waals surface area (Å²) in [4.78, 5) is 28.0. The smallest absolute Gasteiger partial charge is 0.283 e. The number of hydrazine groups is 1. The molecule has 2 aromatic carbocycles. The number of benzene rings is 2. The number of nitrogens with one attached hydrogen (secondary N) is 2. The van der Waals surface area contributed by atoms with Gasteiger partial charge < -0.3 is 14.9 Å². The molecule has 0 bridgehead atoms. The summed E-state index contributed by atoms with van der Waals surface area (Å²) in [5, 5.41) is 1.60. The largest absolute Gasteiger partial charge is 0.375 e. The predicted molar refractivity (Wildman–Crippen MR) is 152 cm³/mol. The fourth-order valence-corrected chi connectivity index (χ4v) is 5.65. The molecule has 4 aromatic rings. The Morgan fingerprint density at radius 3 is 2.13 bits per heavy atom. The molecule has 3 heterocycles. The van der Waals surface area contributed by atoms with E-state index in [1.807, 2.05) is 64.7 Å².